The van der Waals surface area contributed by atoms with E-state index < -0.39 is 0 Å². The summed E-state index contributed by atoms with van der Waals surface area (Å²) < 4.78 is 0. The summed E-state index contributed by atoms with van der Waals surface area (Å²) in [5.74, 6) is 1.14. The molecule has 0 saturated heterocycles. The Morgan fingerprint density at radius 2 is 2.00 bits per heavy atom. The van der Waals surface area contributed by atoms with Crippen molar-refractivity contribution in [3.8, 4) is 0 Å². The molecule has 2 heterocycles. The topological polar surface area (TPSA) is 58.1 Å². The molecule has 142 valence electrons. The average Bonchev–Trinajstić information content (AvgIpc) is 3.11. The van der Waals surface area contributed by atoms with Gasteiger partial charge >= 0.3 is 0 Å². The molecule has 1 N–H and O–H groups in total. The second-order valence-corrected chi connectivity index (χ2v) is 7.26. The van der Waals surface area contributed by atoms with Crippen LogP contribution in [0.15, 0.2) is 54.6 Å². The van der Waals surface area contributed by atoms with Crippen LogP contribution in [0.5, 0.6) is 0 Å². The molecule has 3 aromatic rings. The van der Waals surface area contributed by atoms with Crippen LogP contribution < -0.4 is 10.2 Å². The van der Waals surface area contributed by atoms with Gasteiger partial charge < -0.3 is 10.2 Å². The van der Waals surface area contributed by atoms with Gasteiger partial charge in [0.25, 0.3) is 5.91 Å². The highest BCUT2D eigenvalue weighted by molar-refractivity contribution is 6.30. The minimum atomic E-state index is -0.0895. The SMILES string of the molecule is Cc1nc(NCCc2cccc(Cl)c2)cc(C(=O)N2CCc3ccccc32)n1. The molecule has 0 atom stereocenters. The van der Waals surface area contributed by atoms with Gasteiger partial charge in [0.2, 0.25) is 0 Å². The van der Waals surface area contributed by atoms with Gasteiger partial charge in [-0.1, -0.05) is 41.9 Å². The predicted octanol–water partition coefficient (Wildman–Crippen LogP) is 4.30. The van der Waals surface area contributed by atoms with Crippen LogP contribution in [-0.4, -0.2) is 29.0 Å². The van der Waals surface area contributed by atoms with Gasteiger partial charge in [0.05, 0.1) is 0 Å². The Kier molecular flexibility index (Phi) is 5.26. The number of aromatic nitrogens is 2. The summed E-state index contributed by atoms with van der Waals surface area (Å²) in [5, 5.41) is 4.02. The summed E-state index contributed by atoms with van der Waals surface area (Å²) in [5.41, 5.74) is 3.73. The van der Waals surface area contributed by atoms with Gasteiger partial charge in [-0.25, -0.2) is 9.97 Å². The van der Waals surface area contributed by atoms with Gasteiger partial charge in [0.15, 0.2) is 0 Å². The number of hydrogen-bond donors (Lipinski definition) is 1. The molecular weight excluding hydrogens is 372 g/mol. The molecule has 0 radical (unpaired) electrons. The normalized spacial score (nSPS) is 12.7. The summed E-state index contributed by atoms with van der Waals surface area (Å²) >= 11 is 6.03. The van der Waals surface area contributed by atoms with Crippen LogP contribution in [0.3, 0.4) is 0 Å². The molecule has 0 spiro atoms. The van der Waals surface area contributed by atoms with Crippen LogP contribution in [0.1, 0.15) is 27.4 Å². The van der Waals surface area contributed by atoms with Crippen molar-refractivity contribution < 1.29 is 4.79 Å². The molecular formula is C22H21ClN4O. The zero-order valence-corrected chi connectivity index (χ0v) is 16.4. The van der Waals surface area contributed by atoms with Gasteiger partial charge in [-0.05, 0) is 49.1 Å². The van der Waals surface area contributed by atoms with E-state index in [0.717, 1.165) is 29.1 Å². The molecule has 4 rings (SSSR count). The van der Waals surface area contributed by atoms with E-state index in [-0.39, 0.29) is 5.91 Å². The van der Waals surface area contributed by atoms with E-state index in [1.54, 1.807) is 17.9 Å². The van der Waals surface area contributed by atoms with Crippen LogP contribution in [0, 0.1) is 6.92 Å². The fraction of sp³-hybridized carbons (Fsp3) is 0.227. The van der Waals surface area contributed by atoms with E-state index in [2.05, 4.69) is 21.4 Å². The maximum absolute atomic E-state index is 13.0. The lowest BCUT2D eigenvalue weighted by atomic mass is 10.1. The first kappa shape index (κ1) is 18.4. The first-order chi connectivity index (χ1) is 13.6. The number of nitrogens with one attached hydrogen (secondary N) is 1. The van der Waals surface area contributed by atoms with Gasteiger partial charge in [0, 0.05) is 29.9 Å². The maximum Gasteiger partial charge on any atom is 0.277 e. The van der Waals surface area contributed by atoms with Gasteiger partial charge in [0.1, 0.15) is 17.3 Å². The van der Waals surface area contributed by atoms with Crippen molar-refractivity contribution in [1.82, 2.24) is 9.97 Å². The largest absolute Gasteiger partial charge is 0.370 e. The minimum Gasteiger partial charge on any atom is -0.370 e. The van der Waals surface area contributed by atoms with E-state index >= 15 is 0 Å². The predicted molar refractivity (Wildman–Crippen MR) is 112 cm³/mol. The summed E-state index contributed by atoms with van der Waals surface area (Å²) in [6, 6.07) is 17.5. The Balaban J connectivity index is 1.47. The number of para-hydroxylation sites is 1. The number of carbonyl (C=O) groups is 1. The lowest BCUT2D eigenvalue weighted by Gasteiger charge is -2.17. The Bertz CT molecular complexity index is 1020. The fourth-order valence-electron chi connectivity index (χ4n) is 3.48. The van der Waals surface area contributed by atoms with Crippen molar-refractivity contribution in [1.29, 1.82) is 0 Å². The van der Waals surface area contributed by atoms with Gasteiger partial charge in [-0.15, -0.1) is 0 Å². The van der Waals surface area contributed by atoms with Crippen molar-refractivity contribution in [2.45, 2.75) is 19.8 Å². The number of carbonyl (C=O) groups excluding carboxylic acids is 1. The van der Waals surface area contributed by atoms with E-state index in [9.17, 15) is 4.79 Å². The second kappa shape index (κ2) is 7.98. The van der Waals surface area contributed by atoms with Crippen LogP contribution in [-0.2, 0) is 12.8 Å². The fourth-order valence-corrected chi connectivity index (χ4v) is 3.70. The average molecular weight is 393 g/mol. The molecule has 6 heteroatoms. The number of halogens is 1. The van der Waals surface area contributed by atoms with Crippen molar-refractivity contribution in [3.63, 3.8) is 0 Å². The highest BCUT2D eigenvalue weighted by Crippen LogP contribution is 2.28. The van der Waals surface area contributed by atoms with E-state index in [1.165, 1.54) is 5.56 Å². The third-order valence-electron chi connectivity index (χ3n) is 4.80. The molecule has 0 aliphatic carbocycles. The first-order valence-corrected chi connectivity index (χ1v) is 9.72. The smallest absolute Gasteiger partial charge is 0.277 e. The Hall–Kier alpha value is -2.92. The van der Waals surface area contributed by atoms with Gasteiger partial charge in [-0.3, -0.25) is 4.79 Å². The summed E-state index contributed by atoms with van der Waals surface area (Å²) in [6.45, 7) is 3.17. The molecule has 1 aromatic heterocycles. The lowest BCUT2D eigenvalue weighted by Crippen LogP contribution is -2.30. The number of rotatable bonds is 5. The molecule has 5 nitrogen and oxygen atoms in total. The van der Waals surface area contributed by atoms with Crippen molar-refractivity contribution in [2.24, 2.45) is 0 Å². The number of aryl methyl sites for hydroxylation is 1. The summed E-state index contributed by atoms with van der Waals surface area (Å²) in [4.78, 5) is 23.6. The highest BCUT2D eigenvalue weighted by Gasteiger charge is 2.26. The molecule has 2 aromatic carbocycles. The molecule has 0 unspecified atom stereocenters. The molecule has 1 aliphatic heterocycles. The molecule has 0 saturated carbocycles. The number of nitrogens with zero attached hydrogens (tertiary/aromatic N) is 3. The summed E-state index contributed by atoms with van der Waals surface area (Å²) in [7, 11) is 0. The molecule has 1 aliphatic rings. The third kappa shape index (κ3) is 3.99. The van der Waals surface area contributed by atoms with Crippen molar-refractivity contribution >= 4 is 29.0 Å². The maximum atomic E-state index is 13.0. The lowest BCUT2D eigenvalue weighted by molar-refractivity contribution is 0.0984. The first-order valence-electron chi connectivity index (χ1n) is 9.34. The molecule has 0 bridgehead atoms. The number of fused-ring (bicyclic) bond motifs is 1. The Morgan fingerprint density at radius 1 is 1.14 bits per heavy atom. The van der Waals surface area contributed by atoms with Crippen LogP contribution in [0.25, 0.3) is 0 Å². The Labute approximate surface area is 169 Å². The second-order valence-electron chi connectivity index (χ2n) is 6.83. The summed E-state index contributed by atoms with van der Waals surface area (Å²) in [6.07, 6.45) is 1.68. The molecule has 28 heavy (non-hydrogen) atoms. The third-order valence-corrected chi connectivity index (χ3v) is 5.03. The minimum absolute atomic E-state index is 0.0895. The van der Waals surface area contributed by atoms with Crippen LogP contribution in [0.4, 0.5) is 11.5 Å². The van der Waals surface area contributed by atoms with E-state index in [0.29, 0.717) is 30.4 Å². The van der Waals surface area contributed by atoms with Crippen LogP contribution >= 0.6 is 11.6 Å². The van der Waals surface area contributed by atoms with Crippen molar-refractivity contribution in [2.75, 3.05) is 23.3 Å². The zero-order valence-electron chi connectivity index (χ0n) is 15.7. The molecule has 0 fully saturated rings. The van der Waals surface area contributed by atoms with E-state index in [4.69, 9.17) is 11.6 Å². The monoisotopic (exact) mass is 392 g/mol. The number of anilines is 2. The molecule has 1 amide bonds. The zero-order chi connectivity index (χ0) is 19.5. The number of amides is 1. The quantitative estimate of drug-likeness (QED) is 0.703. The van der Waals surface area contributed by atoms with E-state index in [1.807, 2.05) is 42.5 Å². The number of benzene rings is 2. The highest BCUT2D eigenvalue weighted by atomic mass is 35.5. The number of hydrogen-bond acceptors (Lipinski definition) is 4. The standard InChI is InChI=1S/C22H21ClN4O/c1-15-25-19(22(28)27-12-10-17-6-2-3-8-20(17)27)14-21(26-15)24-11-9-16-5-4-7-18(23)13-16/h2-8,13-14H,9-12H2,1H3,(H,24,25,26). The van der Waals surface area contributed by atoms with Crippen LogP contribution in [0.2, 0.25) is 5.02 Å². The van der Waals surface area contributed by atoms with Crippen molar-refractivity contribution in [3.05, 3.63) is 82.3 Å². The Morgan fingerprint density at radius 3 is 2.86 bits per heavy atom. The van der Waals surface area contributed by atoms with Gasteiger partial charge in [-0.2, -0.15) is 0 Å².